The summed E-state index contributed by atoms with van der Waals surface area (Å²) in [6.07, 6.45) is 0.372. The van der Waals surface area contributed by atoms with E-state index in [0.29, 0.717) is 6.61 Å². The predicted octanol–water partition coefficient (Wildman–Crippen LogP) is 2.85. The Balaban J connectivity index is 2.39. The molecule has 0 unspecified atom stereocenters. The van der Waals surface area contributed by atoms with Gasteiger partial charge in [0.2, 0.25) is 0 Å². The lowest BCUT2D eigenvalue weighted by molar-refractivity contribution is 0.173. The zero-order valence-corrected chi connectivity index (χ0v) is 11.7. The Bertz CT molecular complexity index is 320. The molecule has 0 aromatic heterocycles. The second-order valence-electron chi connectivity index (χ2n) is 4.37. The lowest BCUT2D eigenvalue weighted by atomic mass is 10.1. The summed E-state index contributed by atoms with van der Waals surface area (Å²) in [5.74, 6) is 0.870. The van der Waals surface area contributed by atoms with E-state index in [1.807, 2.05) is 31.2 Å². The van der Waals surface area contributed by atoms with Crippen molar-refractivity contribution in [2.75, 3.05) is 26.2 Å². The SMILES string of the molecule is CC[C@@H](O)c1ccc(OCCN(CC)CC)cc1. The number of benzene rings is 1. The topological polar surface area (TPSA) is 32.7 Å². The van der Waals surface area contributed by atoms with E-state index in [0.717, 1.165) is 37.4 Å². The number of aliphatic hydroxyl groups excluding tert-OH is 1. The number of hydrogen-bond acceptors (Lipinski definition) is 3. The fourth-order valence-electron chi connectivity index (χ4n) is 1.85. The first kappa shape index (κ1) is 15.0. The highest BCUT2D eigenvalue weighted by Crippen LogP contribution is 2.19. The lowest BCUT2D eigenvalue weighted by Gasteiger charge is -2.18. The molecule has 18 heavy (non-hydrogen) atoms. The molecule has 0 bridgehead atoms. The van der Waals surface area contributed by atoms with Crippen molar-refractivity contribution >= 4 is 0 Å². The van der Waals surface area contributed by atoms with Crippen molar-refractivity contribution in [3.8, 4) is 5.75 Å². The van der Waals surface area contributed by atoms with Gasteiger partial charge in [-0.2, -0.15) is 0 Å². The third-order valence-corrected chi connectivity index (χ3v) is 3.22. The van der Waals surface area contributed by atoms with Crippen LogP contribution in [0, 0.1) is 0 Å². The first-order valence-electron chi connectivity index (χ1n) is 6.84. The highest BCUT2D eigenvalue weighted by Gasteiger charge is 2.04. The van der Waals surface area contributed by atoms with Gasteiger partial charge < -0.3 is 14.7 Å². The molecule has 102 valence electrons. The van der Waals surface area contributed by atoms with Crippen molar-refractivity contribution in [2.24, 2.45) is 0 Å². The highest BCUT2D eigenvalue weighted by atomic mass is 16.5. The summed E-state index contributed by atoms with van der Waals surface area (Å²) in [5.41, 5.74) is 0.952. The smallest absolute Gasteiger partial charge is 0.119 e. The number of rotatable bonds is 8. The van der Waals surface area contributed by atoms with E-state index >= 15 is 0 Å². The highest BCUT2D eigenvalue weighted by molar-refractivity contribution is 5.28. The van der Waals surface area contributed by atoms with Crippen molar-refractivity contribution in [3.63, 3.8) is 0 Å². The molecule has 0 aliphatic heterocycles. The van der Waals surface area contributed by atoms with Crippen LogP contribution in [0.5, 0.6) is 5.75 Å². The third kappa shape index (κ3) is 4.67. The van der Waals surface area contributed by atoms with Gasteiger partial charge in [-0.1, -0.05) is 32.9 Å². The van der Waals surface area contributed by atoms with Gasteiger partial charge in [0, 0.05) is 6.54 Å². The molecule has 1 rings (SSSR count). The number of ether oxygens (including phenoxy) is 1. The van der Waals surface area contributed by atoms with Crippen LogP contribution in [-0.4, -0.2) is 36.2 Å². The quantitative estimate of drug-likeness (QED) is 0.771. The van der Waals surface area contributed by atoms with Crippen molar-refractivity contribution < 1.29 is 9.84 Å². The minimum absolute atomic E-state index is 0.366. The number of hydrogen-bond donors (Lipinski definition) is 1. The molecule has 0 fully saturated rings. The third-order valence-electron chi connectivity index (χ3n) is 3.22. The van der Waals surface area contributed by atoms with Gasteiger partial charge in [-0.25, -0.2) is 0 Å². The zero-order chi connectivity index (χ0) is 13.4. The molecule has 1 aromatic rings. The van der Waals surface area contributed by atoms with Crippen LogP contribution in [0.3, 0.4) is 0 Å². The van der Waals surface area contributed by atoms with E-state index in [9.17, 15) is 5.11 Å². The van der Waals surface area contributed by atoms with Gasteiger partial charge in [0.1, 0.15) is 12.4 Å². The molecular weight excluding hydrogens is 226 g/mol. The van der Waals surface area contributed by atoms with E-state index in [-0.39, 0.29) is 6.10 Å². The monoisotopic (exact) mass is 251 g/mol. The Hall–Kier alpha value is -1.06. The Labute approximate surface area is 110 Å². The summed E-state index contributed by atoms with van der Waals surface area (Å²) in [5, 5.41) is 9.69. The van der Waals surface area contributed by atoms with E-state index in [4.69, 9.17) is 4.74 Å². The summed E-state index contributed by atoms with van der Waals surface area (Å²) < 4.78 is 5.69. The molecule has 0 spiro atoms. The number of aliphatic hydroxyl groups is 1. The molecule has 1 atom stereocenters. The van der Waals surface area contributed by atoms with Gasteiger partial charge >= 0.3 is 0 Å². The van der Waals surface area contributed by atoms with Gasteiger partial charge in [0.25, 0.3) is 0 Å². The minimum atomic E-state index is -0.366. The van der Waals surface area contributed by atoms with Crippen LogP contribution < -0.4 is 4.74 Å². The molecule has 0 heterocycles. The van der Waals surface area contributed by atoms with Crippen LogP contribution in [0.2, 0.25) is 0 Å². The molecule has 0 aliphatic rings. The fourth-order valence-corrected chi connectivity index (χ4v) is 1.85. The molecule has 1 aromatic carbocycles. The molecule has 1 N–H and O–H groups in total. The van der Waals surface area contributed by atoms with E-state index in [1.165, 1.54) is 0 Å². The summed E-state index contributed by atoms with van der Waals surface area (Å²) >= 11 is 0. The zero-order valence-electron chi connectivity index (χ0n) is 11.7. The van der Waals surface area contributed by atoms with Crippen LogP contribution in [0.1, 0.15) is 38.9 Å². The first-order valence-corrected chi connectivity index (χ1v) is 6.84. The van der Waals surface area contributed by atoms with Gasteiger partial charge in [0.05, 0.1) is 6.10 Å². The maximum atomic E-state index is 9.69. The van der Waals surface area contributed by atoms with Gasteiger partial charge in [0.15, 0.2) is 0 Å². The number of likely N-dealkylation sites (N-methyl/N-ethyl adjacent to an activating group) is 1. The van der Waals surface area contributed by atoms with Crippen molar-refractivity contribution in [1.82, 2.24) is 4.90 Å². The van der Waals surface area contributed by atoms with Crippen LogP contribution >= 0.6 is 0 Å². The van der Waals surface area contributed by atoms with E-state index in [1.54, 1.807) is 0 Å². The molecule has 0 saturated carbocycles. The molecule has 0 saturated heterocycles. The number of nitrogens with zero attached hydrogens (tertiary/aromatic N) is 1. The van der Waals surface area contributed by atoms with E-state index < -0.39 is 0 Å². The fraction of sp³-hybridized carbons (Fsp3) is 0.600. The Morgan fingerprint density at radius 3 is 2.22 bits per heavy atom. The molecular formula is C15H25NO2. The van der Waals surface area contributed by atoms with Crippen LogP contribution in [0.15, 0.2) is 24.3 Å². The average Bonchev–Trinajstić information content (AvgIpc) is 2.43. The largest absolute Gasteiger partial charge is 0.492 e. The second kappa shape index (κ2) is 8.11. The molecule has 3 heteroatoms. The molecule has 0 aliphatic carbocycles. The normalized spacial score (nSPS) is 12.7. The Kier molecular flexibility index (Phi) is 6.76. The van der Waals surface area contributed by atoms with Crippen molar-refractivity contribution in [2.45, 2.75) is 33.3 Å². The molecule has 3 nitrogen and oxygen atoms in total. The maximum absolute atomic E-state index is 9.69. The van der Waals surface area contributed by atoms with Crippen LogP contribution in [-0.2, 0) is 0 Å². The van der Waals surface area contributed by atoms with Gasteiger partial charge in [-0.15, -0.1) is 0 Å². The van der Waals surface area contributed by atoms with E-state index in [2.05, 4.69) is 18.7 Å². The van der Waals surface area contributed by atoms with Crippen molar-refractivity contribution in [3.05, 3.63) is 29.8 Å². The van der Waals surface area contributed by atoms with Gasteiger partial charge in [-0.05, 0) is 37.2 Å². The Morgan fingerprint density at radius 1 is 1.11 bits per heavy atom. The predicted molar refractivity (Wildman–Crippen MR) is 75.0 cm³/mol. The first-order chi connectivity index (χ1) is 8.71. The van der Waals surface area contributed by atoms with Crippen molar-refractivity contribution in [1.29, 1.82) is 0 Å². The molecule has 0 radical (unpaired) electrons. The van der Waals surface area contributed by atoms with Crippen LogP contribution in [0.4, 0.5) is 0 Å². The summed E-state index contributed by atoms with van der Waals surface area (Å²) in [6.45, 7) is 10.1. The standard InChI is InChI=1S/C15H25NO2/c1-4-15(17)13-7-9-14(10-8-13)18-12-11-16(5-2)6-3/h7-10,15,17H,4-6,11-12H2,1-3H3/t15-/m1/s1. The molecule has 0 amide bonds. The Morgan fingerprint density at radius 2 is 1.72 bits per heavy atom. The minimum Gasteiger partial charge on any atom is -0.492 e. The maximum Gasteiger partial charge on any atom is 0.119 e. The van der Waals surface area contributed by atoms with Crippen LogP contribution in [0.25, 0.3) is 0 Å². The summed E-state index contributed by atoms with van der Waals surface area (Å²) in [4.78, 5) is 2.33. The van der Waals surface area contributed by atoms with Gasteiger partial charge in [-0.3, -0.25) is 0 Å². The summed E-state index contributed by atoms with van der Waals surface area (Å²) in [7, 11) is 0. The summed E-state index contributed by atoms with van der Waals surface area (Å²) in [6, 6.07) is 7.72. The average molecular weight is 251 g/mol. The lowest BCUT2D eigenvalue weighted by Crippen LogP contribution is -2.27. The second-order valence-corrected chi connectivity index (χ2v) is 4.37.